The van der Waals surface area contributed by atoms with Crippen LogP contribution in [0.1, 0.15) is 11.1 Å². The van der Waals surface area contributed by atoms with Crippen molar-refractivity contribution >= 4 is 23.2 Å². The Bertz CT molecular complexity index is 714. The summed E-state index contributed by atoms with van der Waals surface area (Å²) < 4.78 is 1.34. The smallest absolute Gasteiger partial charge is 0.273 e. The van der Waals surface area contributed by atoms with Crippen LogP contribution < -0.4 is 5.56 Å². The molecule has 0 radical (unpaired) electrons. The van der Waals surface area contributed by atoms with Crippen LogP contribution in [0.4, 0.5) is 0 Å². The van der Waals surface area contributed by atoms with Crippen LogP contribution in [-0.4, -0.2) is 4.57 Å². The van der Waals surface area contributed by atoms with Crippen LogP contribution in [0.3, 0.4) is 0 Å². The highest BCUT2D eigenvalue weighted by atomic mass is 35.5. The van der Waals surface area contributed by atoms with Gasteiger partial charge in [-0.3, -0.25) is 9.36 Å². The Balaban J connectivity index is 2.74. The summed E-state index contributed by atoms with van der Waals surface area (Å²) in [5.41, 5.74) is 0.872. The van der Waals surface area contributed by atoms with Crippen molar-refractivity contribution in [1.29, 1.82) is 5.26 Å². The second kappa shape index (κ2) is 4.85. The lowest BCUT2D eigenvalue weighted by atomic mass is 10.1. The predicted molar refractivity (Wildman–Crippen MR) is 71.5 cm³/mol. The fourth-order valence-electron chi connectivity index (χ4n) is 1.63. The summed E-state index contributed by atoms with van der Waals surface area (Å²) in [6.07, 6.45) is 1.59. The van der Waals surface area contributed by atoms with Gasteiger partial charge < -0.3 is 0 Å². The Hall–Kier alpha value is -1.76. The molecule has 0 N–H and O–H groups in total. The van der Waals surface area contributed by atoms with Crippen LogP contribution in [0.15, 0.2) is 35.3 Å². The highest BCUT2D eigenvalue weighted by Crippen LogP contribution is 2.23. The molecule has 0 saturated heterocycles. The number of pyridine rings is 1. The molecule has 0 spiro atoms. The summed E-state index contributed by atoms with van der Waals surface area (Å²) in [4.78, 5) is 12.1. The standard InChI is InChI=1S/C13H8Cl2N2O/c1-8-4-5-17(13(18)10(8)7-16)12-3-2-9(14)6-11(12)15/h2-6H,1H3. The van der Waals surface area contributed by atoms with Crippen molar-refractivity contribution < 1.29 is 0 Å². The second-order valence-corrected chi connectivity index (χ2v) is 4.60. The lowest BCUT2D eigenvalue weighted by molar-refractivity contribution is 0.973. The fourth-order valence-corrected chi connectivity index (χ4v) is 2.13. The number of aryl methyl sites for hydroxylation is 1. The molecule has 90 valence electrons. The van der Waals surface area contributed by atoms with Gasteiger partial charge in [0.05, 0.1) is 10.7 Å². The van der Waals surface area contributed by atoms with Crippen molar-refractivity contribution in [3.05, 3.63) is 62.0 Å². The summed E-state index contributed by atoms with van der Waals surface area (Å²) in [5, 5.41) is 9.82. The molecule has 0 fully saturated rings. The average molecular weight is 279 g/mol. The van der Waals surface area contributed by atoms with Crippen molar-refractivity contribution in [2.45, 2.75) is 6.92 Å². The van der Waals surface area contributed by atoms with E-state index in [-0.39, 0.29) is 11.1 Å². The van der Waals surface area contributed by atoms with Gasteiger partial charge in [0.25, 0.3) is 5.56 Å². The third-order valence-corrected chi connectivity index (χ3v) is 3.12. The molecule has 0 bridgehead atoms. The van der Waals surface area contributed by atoms with E-state index in [1.165, 1.54) is 4.57 Å². The Morgan fingerprint density at radius 2 is 2.00 bits per heavy atom. The minimum absolute atomic E-state index is 0.114. The first kappa shape index (κ1) is 12.7. The fraction of sp³-hybridized carbons (Fsp3) is 0.0769. The Labute approximate surface area is 114 Å². The highest BCUT2D eigenvalue weighted by molar-refractivity contribution is 6.35. The van der Waals surface area contributed by atoms with E-state index >= 15 is 0 Å². The van der Waals surface area contributed by atoms with Crippen molar-refractivity contribution in [3.8, 4) is 11.8 Å². The molecule has 0 saturated carbocycles. The highest BCUT2D eigenvalue weighted by Gasteiger charge is 2.10. The summed E-state index contributed by atoms with van der Waals surface area (Å²) in [5.74, 6) is 0. The molecule has 18 heavy (non-hydrogen) atoms. The number of hydrogen-bond donors (Lipinski definition) is 0. The summed E-state index contributed by atoms with van der Waals surface area (Å²) in [7, 11) is 0. The van der Waals surface area contributed by atoms with E-state index in [1.54, 1.807) is 37.4 Å². The first-order valence-electron chi connectivity index (χ1n) is 5.12. The molecule has 0 aliphatic carbocycles. The molecule has 1 aromatic heterocycles. The number of aromatic nitrogens is 1. The minimum Gasteiger partial charge on any atom is -0.282 e. The predicted octanol–water partition coefficient (Wildman–Crippen LogP) is 3.32. The molecular weight excluding hydrogens is 271 g/mol. The number of halogens is 2. The van der Waals surface area contributed by atoms with Gasteiger partial charge in [0.2, 0.25) is 0 Å². The first-order valence-corrected chi connectivity index (χ1v) is 5.88. The van der Waals surface area contributed by atoms with Crippen LogP contribution in [-0.2, 0) is 0 Å². The second-order valence-electron chi connectivity index (χ2n) is 3.76. The maximum atomic E-state index is 12.1. The van der Waals surface area contributed by atoms with Crippen molar-refractivity contribution in [1.82, 2.24) is 4.57 Å². The van der Waals surface area contributed by atoms with Crippen LogP contribution >= 0.6 is 23.2 Å². The SMILES string of the molecule is Cc1ccn(-c2ccc(Cl)cc2Cl)c(=O)c1C#N. The van der Waals surface area contributed by atoms with E-state index in [0.29, 0.717) is 21.3 Å². The molecule has 0 atom stereocenters. The van der Waals surface area contributed by atoms with Gasteiger partial charge in [-0.05, 0) is 36.8 Å². The largest absolute Gasteiger partial charge is 0.282 e. The van der Waals surface area contributed by atoms with Crippen LogP contribution in [0, 0.1) is 18.3 Å². The van der Waals surface area contributed by atoms with E-state index in [1.807, 2.05) is 6.07 Å². The molecule has 5 heteroatoms. The summed E-state index contributed by atoms with van der Waals surface area (Å²) >= 11 is 11.8. The summed E-state index contributed by atoms with van der Waals surface area (Å²) in [6, 6.07) is 8.44. The van der Waals surface area contributed by atoms with E-state index in [2.05, 4.69) is 0 Å². The van der Waals surface area contributed by atoms with Crippen LogP contribution in [0.5, 0.6) is 0 Å². The van der Waals surface area contributed by atoms with Crippen LogP contribution in [0.25, 0.3) is 5.69 Å². The lowest BCUT2D eigenvalue weighted by Crippen LogP contribution is -2.21. The van der Waals surface area contributed by atoms with Gasteiger partial charge >= 0.3 is 0 Å². The van der Waals surface area contributed by atoms with E-state index in [4.69, 9.17) is 28.5 Å². The molecule has 1 heterocycles. The molecule has 0 unspecified atom stereocenters. The number of nitrogens with zero attached hydrogens (tertiary/aromatic N) is 2. The lowest BCUT2D eigenvalue weighted by Gasteiger charge is -2.09. The Morgan fingerprint density at radius 3 is 2.61 bits per heavy atom. The zero-order valence-electron chi connectivity index (χ0n) is 9.45. The zero-order valence-corrected chi connectivity index (χ0v) is 11.0. The number of nitriles is 1. The number of rotatable bonds is 1. The molecule has 0 aliphatic heterocycles. The van der Waals surface area contributed by atoms with Crippen molar-refractivity contribution in [3.63, 3.8) is 0 Å². The quantitative estimate of drug-likeness (QED) is 0.803. The maximum absolute atomic E-state index is 12.1. The number of hydrogen-bond acceptors (Lipinski definition) is 2. The van der Waals surface area contributed by atoms with Gasteiger partial charge in [-0.1, -0.05) is 23.2 Å². The van der Waals surface area contributed by atoms with Gasteiger partial charge in [0.1, 0.15) is 11.6 Å². The minimum atomic E-state index is -0.387. The molecule has 2 aromatic rings. The molecule has 0 aliphatic rings. The summed E-state index contributed by atoms with van der Waals surface area (Å²) in [6.45, 7) is 1.72. The van der Waals surface area contributed by atoms with Crippen molar-refractivity contribution in [2.75, 3.05) is 0 Å². The van der Waals surface area contributed by atoms with Gasteiger partial charge in [0, 0.05) is 11.2 Å². The van der Waals surface area contributed by atoms with Crippen molar-refractivity contribution in [2.24, 2.45) is 0 Å². The normalized spacial score (nSPS) is 10.1. The zero-order chi connectivity index (χ0) is 13.3. The average Bonchev–Trinajstić information content (AvgIpc) is 2.31. The van der Waals surface area contributed by atoms with Gasteiger partial charge in [-0.15, -0.1) is 0 Å². The third-order valence-electron chi connectivity index (χ3n) is 2.58. The third kappa shape index (κ3) is 2.13. The Morgan fingerprint density at radius 1 is 1.28 bits per heavy atom. The maximum Gasteiger partial charge on any atom is 0.273 e. The molecule has 0 amide bonds. The monoisotopic (exact) mass is 278 g/mol. The Kier molecular flexibility index (Phi) is 3.42. The van der Waals surface area contributed by atoms with E-state index in [0.717, 1.165) is 0 Å². The first-order chi connectivity index (χ1) is 8.54. The number of benzene rings is 1. The topological polar surface area (TPSA) is 45.8 Å². The van der Waals surface area contributed by atoms with E-state index in [9.17, 15) is 4.79 Å². The van der Waals surface area contributed by atoms with Crippen LogP contribution in [0.2, 0.25) is 10.0 Å². The van der Waals surface area contributed by atoms with Gasteiger partial charge in [-0.2, -0.15) is 5.26 Å². The molecule has 2 rings (SSSR count). The molecule has 3 nitrogen and oxygen atoms in total. The molecule has 1 aromatic carbocycles. The van der Waals surface area contributed by atoms with Gasteiger partial charge in [0.15, 0.2) is 0 Å². The van der Waals surface area contributed by atoms with Gasteiger partial charge in [-0.25, -0.2) is 0 Å². The van der Waals surface area contributed by atoms with E-state index < -0.39 is 0 Å². The molecular formula is C13H8Cl2N2O.